The van der Waals surface area contributed by atoms with Crippen LogP contribution in [0.5, 0.6) is 0 Å². The van der Waals surface area contributed by atoms with Gasteiger partial charge in [-0.2, -0.15) is 0 Å². The Kier molecular flexibility index (Phi) is 4.18. The summed E-state index contributed by atoms with van der Waals surface area (Å²) >= 11 is 0. The van der Waals surface area contributed by atoms with Gasteiger partial charge in [0.1, 0.15) is 5.69 Å². The summed E-state index contributed by atoms with van der Waals surface area (Å²) in [6.45, 7) is 4.57. The van der Waals surface area contributed by atoms with Crippen molar-refractivity contribution in [3.05, 3.63) is 29.1 Å². The van der Waals surface area contributed by atoms with Crippen LogP contribution in [-0.2, 0) is 4.74 Å². The normalized spacial score (nSPS) is 22.4. The second-order valence-electron chi connectivity index (χ2n) is 4.86. The third-order valence-electron chi connectivity index (χ3n) is 3.08. The zero-order chi connectivity index (χ0) is 13.8. The third-order valence-corrected chi connectivity index (χ3v) is 3.08. The molecule has 100 valence electrons. The molecule has 4 heteroatoms. The molecule has 1 N–H and O–H groups in total. The molecule has 0 saturated carbocycles. The largest absolute Gasteiger partial charge is 0.477 e. The SMILES string of the molecule is Cc1cc(C#CC2CCO[C@H](C)C2)cc(C(=O)O)n1. The van der Waals surface area contributed by atoms with E-state index in [0.29, 0.717) is 17.2 Å². The number of rotatable bonds is 1. The lowest BCUT2D eigenvalue weighted by atomic mass is 9.96. The van der Waals surface area contributed by atoms with E-state index >= 15 is 0 Å². The van der Waals surface area contributed by atoms with E-state index < -0.39 is 5.97 Å². The Morgan fingerprint density at radius 1 is 1.53 bits per heavy atom. The standard InChI is InChI=1S/C15H17NO3/c1-10-7-13(9-14(16-10)15(17)18)4-3-12-5-6-19-11(2)8-12/h7,9,11-12H,5-6,8H2,1-2H3,(H,17,18)/t11-,12?/m1/s1. The molecular formula is C15H17NO3. The molecule has 0 amide bonds. The fourth-order valence-corrected chi connectivity index (χ4v) is 2.16. The zero-order valence-electron chi connectivity index (χ0n) is 11.1. The van der Waals surface area contributed by atoms with Gasteiger partial charge in [0.15, 0.2) is 0 Å². The van der Waals surface area contributed by atoms with Crippen molar-refractivity contribution in [1.82, 2.24) is 4.98 Å². The van der Waals surface area contributed by atoms with E-state index in [1.807, 2.05) is 13.0 Å². The van der Waals surface area contributed by atoms with Crippen molar-refractivity contribution in [2.45, 2.75) is 32.8 Å². The van der Waals surface area contributed by atoms with Crippen molar-refractivity contribution in [2.24, 2.45) is 5.92 Å². The van der Waals surface area contributed by atoms with Gasteiger partial charge in [-0.05, 0) is 38.8 Å². The minimum absolute atomic E-state index is 0.0460. The summed E-state index contributed by atoms with van der Waals surface area (Å²) in [7, 11) is 0. The number of carbonyl (C=O) groups is 1. The summed E-state index contributed by atoms with van der Waals surface area (Å²) in [6.07, 6.45) is 2.12. The maximum atomic E-state index is 10.9. The van der Waals surface area contributed by atoms with E-state index in [1.54, 1.807) is 6.92 Å². The lowest BCUT2D eigenvalue weighted by molar-refractivity contribution is 0.0144. The fourth-order valence-electron chi connectivity index (χ4n) is 2.16. The predicted octanol–water partition coefficient (Wildman–Crippen LogP) is 2.25. The maximum absolute atomic E-state index is 10.9. The number of nitrogens with zero attached hydrogens (tertiary/aromatic N) is 1. The lowest BCUT2D eigenvalue weighted by Gasteiger charge is -2.23. The summed E-state index contributed by atoms with van der Waals surface area (Å²) in [6, 6.07) is 3.33. The van der Waals surface area contributed by atoms with Gasteiger partial charge < -0.3 is 9.84 Å². The number of carboxylic acid groups (broad SMARTS) is 1. The maximum Gasteiger partial charge on any atom is 0.354 e. The number of aryl methyl sites for hydroxylation is 1. The fraction of sp³-hybridized carbons (Fsp3) is 0.467. The van der Waals surface area contributed by atoms with Crippen molar-refractivity contribution >= 4 is 5.97 Å². The monoisotopic (exact) mass is 259 g/mol. The van der Waals surface area contributed by atoms with Gasteiger partial charge in [0.05, 0.1) is 6.10 Å². The van der Waals surface area contributed by atoms with Gasteiger partial charge in [0.25, 0.3) is 0 Å². The molecule has 1 aromatic heterocycles. The number of hydrogen-bond donors (Lipinski definition) is 1. The Bertz CT molecular complexity index is 542. The Balaban J connectivity index is 2.17. The van der Waals surface area contributed by atoms with E-state index in [-0.39, 0.29) is 11.8 Å². The summed E-state index contributed by atoms with van der Waals surface area (Å²) in [5.74, 6) is 5.58. The topological polar surface area (TPSA) is 59.4 Å². The van der Waals surface area contributed by atoms with Crippen LogP contribution in [0.15, 0.2) is 12.1 Å². The first-order chi connectivity index (χ1) is 9.04. The molecule has 1 fully saturated rings. The van der Waals surface area contributed by atoms with Crippen molar-refractivity contribution < 1.29 is 14.6 Å². The molecule has 2 rings (SSSR count). The quantitative estimate of drug-likeness (QED) is 0.786. The Labute approximate surface area is 112 Å². The van der Waals surface area contributed by atoms with Crippen LogP contribution in [-0.4, -0.2) is 28.8 Å². The first kappa shape index (κ1) is 13.6. The molecule has 1 saturated heterocycles. The second kappa shape index (κ2) is 5.85. The number of pyridine rings is 1. The van der Waals surface area contributed by atoms with Gasteiger partial charge in [-0.3, -0.25) is 0 Å². The number of aromatic nitrogens is 1. The Morgan fingerprint density at radius 3 is 3.00 bits per heavy atom. The highest BCUT2D eigenvalue weighted by atomic mass is 16.5. The molecule has 2 heterocycles. The number of aromatic carboxylic acids is 1. The number of ether oxygens (including phenoxy) is 1. The van der Waals surface area contributed by atoms with Gasteiger partial charge in [0.2, 0.25) is 0 Å². The van der Waals surface area contributed by atoms with Gasteiger partial charge in [-0.1, -0.05) is 11.8 Å². The van der Waals surface area contributed by atoms with E-state index in [9.17, 15) is 4.79 Å². The molecule has 1 aliphatic heterocycles. The Hall–Kier alpha value is -1.86. The van der Waals surface area contributed by atoms with Gasteiger partial charge in [-0.25, -0.2) is 9.78 Å². The lowest BCUT2D eigenvalue weighted by Crippen LogP contribution is -2.21. The molecule has 19 heavy (non-hydrogen) atoms. The number of carboxylic acids is 1. The van der Waals surface area contributed by atoms with E-state index in [4.69, 9.17) is 9.84 Å². The van der Waals surface area contributed by atoms with Crippen molar-refractivity contribution in [3.63, 3.8) is 0 Å². The van der Waals surface area contributed by atoms with E-state index in [2.05, 4.69) is 16.8 Å². The third kappa shape index (κ3) is 3.80. The first-order valence-corrected chi connectivity index (χ1v) is 6.39. The highest BCUT2D eigenvalue weighted by Gasteiger charge is 2.17. The molecule has 0 spiro atoms. The zero-order valence-corrected chi connectivity index (χ0v) is 11.1. The molecule has 1 aromatic rings. The average Bonchev–Trinajstić information content (AvgIpc) is 2.36. The van der Waals surface area contributed by atoms with Crippen molar-refractivity contribution in [1.29, 1.82) is 0 Å². The van der Waals surface area contributed by atoms with E-state index in [1.165, 1.54) is 6.07 Å². The molecule has 2 atom stereocenters. The second-order valence-corrected chi connectivity index (χ2v) is 4.86. The van der Waals surface area contributed by atoms with Crippen LogP contribution in [0.25, 0.3) is 0 Å². The summed E-state index contributed by atoms with van der Waals surface area (Å²) in [4.78, 5) is 14.9. The molecular weight excluding hydrogens is 242 g/mol. The first-order valence-electron chi connectivity index (χ1n) is 6.39. The van der Waals surface area contributed by atoms with Crippen LogP contribution >= 0.6 is 0 Å². The summed E-state index contributed by atoms with van der Waals surface area (Å²) in [5, 5.41) is 8.96. The minimum Gasteiger partial charge on any atom is -0.477 e. The van der Waals surface area contributed by atoms with Crippen LogP contribution in [0.2, 0.25) is 0 Å². The summed E-state index contributed by atoms with van der Waals surface area (Å²) in [5.41, 5.74) is 1.43. The summed E-state index contributed by atoms with van der Waals surface area (Å²) < 4.78 is 5.47. The molecule has 1 unspecified atom stereocenters. The van der Waals surface area contributed by atoms with Crippen molar-refractivity contribution in [2.75, 3.05) is 6.61 Å². The molecule has 0 aromatic carbocycles. The van der Waals surface area contributed by atoms with Crippen LogP contribution in [0.1, 0.15) is 41.5 Å². The Morgan fingerprint density at radius 2 is 2.32 bits per heavy atom. The molecule has 0 aliphatic carbocycles. The predicted molar refractivity (Wildman–Crippen MR) is 70.9 cm³/mol. The smallest absolute Gasteiger partial charge is 0.354 e. The number of hydrogen-bond acceptors (Lipinski definition) is 3. The molecule has 4 nitrogen and oxygen atoms in total. The van der Waals surface area contributed by atoms with Gasteiger partial charge in [-0.15, -0.1) is 0 Å². The highest BCUT2D eigenvalue weighted by molar-refractivity contribution is 5.85. The molecule has 0 bridgehead atoms. The molecule has 0 radical (unpaired) electrons. The van der Waals surface area contributed by atoms with Crippen LogP contribution in [0, 0.1) is 24.7 Å². The van der Waals surface area contributed by atoms with Crippen LogP contribution in [0.4, 0.5) is 0 Å². The van der Waals surface area contributed by atoms with Gasteiger partial charge in [0, 0.05) is 23.8 Å². The minimum atomic E-state index is -1.02. The van der Waals surface area contributed by atoms with Crippen molar-refractivity contribution in [3.8, 4) is 11.8 Å². The van der Waals surface area contributed by atoms with E-state index in [0.717, 1.165) is 19.4 Å². The molecule has 1 aliphatic rings. The highest BCUT2D eigenvalue weighted by Crippen LogP contribution is 2.19. The van der Waals surface area contributed by atoms with Crippen LogP contribution in [0.3, 0.4) is 0 Å². The van der Waals surface area contributed by atoms with Gasteiger partial charge >= 0.3 is 5.97 Å². The van der Waals surface area contributed by atoms with Crippen LogP contribution < -0.4 is 0 Å². The average molecular weight is 259 g/mol.